The molecule has 0 radical (unpaired) electrons. The molecule has 1 amide bonds. The van der Waals surface area contributed by atoms with Crippen LogP contribution in [0, 0.1) is 5.82 Å². The van der Waals surface area contributed by atoms with Gasteiger partial charge in [0.1, 0.15) is 5.82 Å². The van der Waals surface area contributed by atoms with E-state index in [1.165, 1.54) is 12.1 Å². The molecule has 3 nitrogen and oxygen atoms in total. The van der Waals surface area contributed by atoms with Gasteiger partial charge in [-0.25, -0.2) is 4.39 Å². The molecule has 1 unspecified atom stereocenters. The number of hydrogen-bond acceptors (Lipinski definition) is 2. The minimum atomic E-state index is -0.491. The van der Waals surface area contributed by atoms with Gasteiger partial charge < -0.3 is 10.6 Å². The Kier molecular flexibility index (Phi) is 2.92. The minimum absolute atomic E-state index is 0.0742. The highest BCUT2D eigenvalue weighted by molar-refractivity contribution is 5.81. The zero-order valence-corrected chi connectivity index (χ0v) is 9.24. The lowest BCUT2D eigenvalue weighted by molar-refractivity contribution is -0.133. The van der Waals surface area contributed by atoms with Crippen LogP contribution in [0.4, 0.5) is 4.39 Å². The molecular formula is C12H15FN2O. The first-order valence-electron chi connectivity index (χ1n) is 5.39. The molecule has 2 rings (SSSR count). The Balaban J connectivity index is 2.20. The van der Waals surface area contributed by atoms with Gasteiger partial charge in [-0.3, -0.25) is 4.79 Å². The fourth-order valence-corrected chi connectivity index (χ4v) is 2.00. The van der Waals surface area contributed by atoms with Crippen molar-refractivity contribution in [3.8, 4) is 0 Å². The van der Waals surface area contributed by atoms with E-state index in [2.05, 4.69) is 0 Å². The van der Waals surface area contributed by atoms with E-state index in [1.807, 2.05) is 0 Å². The third kappa shape index (κ3) is 2.07. The van der Waals surface area contributed by atoms with Crippen LogP contribution in [-0.4, -0.2) is 23.4 Å². The molecule has 0 bridgehead atoms. The molecule has 1 atom stereocenters. The van der Waals surface area contributed by atoms with E-state index in [0.717, 1.165) is 17.5 Å². The van der Waals surface area contributed by atoms with Gasteiger partial charge in [0.15, 0.2) is 0 Å². The van der Waals surface area contributed by atoms with Gasteiger partial charge in [-0.1, -0.05) is 6.07 Å². The van der Waals surface area contributed by atoms with E-state index in [4.69, 9.17) is 5.73 Å². The Bertz CT molecular complexity index is 417. The maximum absolute atomic E-state index is 13.1. The summed E-state index contributed by atoms with van der Waals surface area (Å²) in [6.45, 7) is 2.80. The highest BCUT2D eigenvalue weighted by atomic mass is 19.1. The maximum atomic E-state index is 13.1. The summed E-state index contributed by atoms with van der Waals surface area (Å²) in [5, 5.41) is 0. The predicted molar refractivity (Wildman–Crippen MR) is 59.2 cm³/mol. The number of carbonyl (C=O) groups is 1. The first-order chi connectivity index (χ1) is 7.58. The van der Waals surface area contributed by atoms with Crippen molar-refractivity contribution in [3.63, 3.8) is 0 Å². The largest absolute Gasteiger partial charge is 0.337 e. The van der Waals surface area contributed by atoms with Crippen molar-refractivity contribution >= 4 is 5.91 Å². The smallest absolute Gasteiger partial charge is 0.239 e. The van der Waals surface area contributed by atoms with E-state index >= 15 is 0 Å². The van der Waals surface area contributed by atoms with Gasteiger partial charge in [0.05, 0.1) is 6.04 Å². The SMILES string of the molecule is CC(N)C(=O)N1CCc2ccc(F)cc2C1. The number of rotatable bonds is 1. The second-order valence-electron chi connectivity index (χ2n) is 4.21. The summed E-state index contributed by atoms with van der Waals surface area (Å²) in [5.74, 6) is -0.330. The lowest BCUT2D eigenvalue weighted by Crippen LogP contribution is -2.44. The molecule has 1 aromatic rings. The normalized spacial score (nSPS) is 16.8. The van der Waals surface area contributed by atoms with E-state index in [1.54, 1.807) is 17.9 Å². The van der Waals surface area contributed by atoms with Crippen LogP contribution in [0.25, 0.3) is 0 Å². The maximum Gasteiger partial charge on any atom is 0.239 e. The molecular weight excluding hydrogens is 207 g/mol. The Hall–Kier alpha value is -1.42. The fourth-order valence-electron chi connectivity index (χ4n) is 2.00. The first-order valence-corrected chi connectivity index (χ1v) is 5.39. The summed E-state index contributed by atoms with van der Waals surface area (Å²) in [6.07, 6.45) is 0.772. The molecule has 0 spiro atoms. The number of halogens is 1. The number of nitrogens with two attached hydrogens (primary N) is 1. The van der Waals surface area contributed by atoms with Crippen LogP contribution in [0.2, 0.25) is 0 Å². The van der Waals surface area contributed by atoms with E-state index in [0.29, 0.717) is 13.1 Å². The van der Waals surface area contributed by atoms with Gasteiger partial charge in [0, 0.05) is 13.1 Å². The van der Waals surface area contributed by atoms with Crippen molar-refractivity contribution in [2.45, 2.75) is 25.9 Å². The number of fused-ring (bicyclic) bond motifs is 1. The second-order valence-corrected chi connectivity index (χ2v) is 4.21. The van der Waals surface area contributed by atoms with Crippen LogP contribution in [0.3, 0.4) is 0 Å². The Labute approximate surface area is 94.0 Å². The number of carbonyl (C=O) groups excluding carboxylic acids is 1. The van der Waals surface area contributed by atoms with Crippen molar-refractivity contribution < 1.29 is 9.18 Å². The Morgan fingerprint density at radius 2 is 2.25 bits per heavy atom. The van der Waals surface area contributed by atoms with Gasteiger partial charge >= 0.3 is 0 Å². The Morgan fingerprint density at radius 1 is 1.50 bits per heavy atom. The third-order valence-corrected chi connectivity index (χ3v) is 2.88. The third-order valence-electron chi connectivity index (χ3n) is 2.88. The summed E-state index contributed by atoms with van der Waals surface area (Å²) in [5.41, 5.74) is 7.56. The molecule has 0 saturated heterocycles. The summed E-state index contributed by atoms with van der Waals surface area (Å²) in [7, 11) is 0. The highest BCUT2D eigenvalue weighted by Crippen LogP contribution is 2.20. The average molecular weight is 222 g/mol. The lowest BCUT2D eigenvalue weighted by atomic mass is 9.99. The summed E-state index contributed by atoms with van der Waals surface area (Å²) >= 11 is 0. The van der Waals surface area contributed by atoms with Crippen LogP contribution in [-0.2, 0) is 17.8 Å². The molecule has 1 aliphatic rings. The molecule has 1 aliphatic heterocycles. The monoisotopic (exact) mass is 222 g/mol. The molecule has 1 aromatic carbocycles. The lowest BCUT2D eigenvalue weighted by Gasteiger charge is -2.30. The molecule has 0 fully saturated rings. The molecule has 4 heteroatoms. The van der Waals surface area contributed by atoms with Gasteiger partial charge in [-0.2, -0.15) is 0 Å². The first kappa shape index (κ1) is 11.1. The molecule has 86 valence electrons. The van der Waals surface area contributed by atoms with Crippen molar-refractivity contribution in [3.05, 3.63) is 35.1 Å². The number of nitrogens with zero attached hydrogens (tertiary/aromatic N) is 1. The van der Waals surface area contributed by atoms with E-state index in [-0.39, 0.29) is 11.7 Å². The quantitative estimate of drug-likeness (QED) is 0.772. The zero-order valence-electron chi connectivity index (χ0n) is 9.24. The van der Waals surface area contributed by atoms with Crippen LogP contribution in [0.5, 0.6) is 0 Å². The summed E-state index contributed by atoms with van der Waals surface area (Å²) in [4.78, 5) is 13.4. The number of benzene rings is 1. The van der Waals surface area contributed by atoms with Gasteiger partial charge in [0.25, 0.3) is 0 Å². The van der Waals surface area contributed by atoms with Gasteiger partial charge in [-0.05, 0) is 36.6 Å². The highest BCUT2D eigenvalue weighted by Gasteiger charge is 2.22. The van der Waals surface area contributed by atoms with Crippen LogP contribution >= 0.6 is 0 Å². The molecule has 16 heavy (non-hydrogen) atoms. The second kappa shape index (κ2) is 4.22. The fraction of sp³-hybridized carbons (Fsp3) is 0.417. The summed E-state index contributed by atoms with van der Waals surface area (Å²) in [6, 6.07) is 4.26. The zero-order chi connectivity index (χ0) is 11.7. The average Bonchev–Trinajstić information content (AvgIpc) is 2.26. The molecule has 0 saturated carbocycles. The van der Waals surface area contributed by atoms with Crippen molar-refractivity contribution in [2.75, 3.05) is 6.54 Å². The molecule has 0 aliphatic carbocycles. The van der Waals surface area contributed by atoms with Crippen molar-refractivity contribution in [2.24, 2.45) is 5.73 Å². The van der Waals surface area contributed by atoms with Crippen LogP contribution < -0.4 is 5.73 Å². The van der Waals surface area contributed by atoms with Crippen LogP contribution in [0.15, 0.2) is 18.2 Å². The molecule has 1 heterocycles. The number of amides is 1. The standard InChI is InChI=1S/C12H15FN2O/c1-8(14)12(16)15-5-4-9-2-3-11(13)6-10(9)7-15/h2-3,6,8H,4-5,7,14H2,1H3. The topological polar surface area (TPSA) is 46.3 Å². The Morgan fingerprint density at radius 3 is 2.94 bits per heavy atom. The predicted octanol–water partition coefficient (Wildman–Crippen LogP) is 1.06. The van der Waals surface area contributed by atoms with Crippen molar-refractivity contribution in [1.82, 2.24) is 4.90 Å². The van der Waals surface area contributed by atoms with Crippen molar-refractivity contribution in [1.29, 1.82) is 0 Å². The van der Waals surface area contributed by atoms with E-state index in [9.17, 15) is 9.18 Å². The van der Waals surface area contributed by atoms with Gasteiger partial charge in [-0.15, -0.1) is 0 Å². The minimum Gasteiger partial charge on any atom is -0.337 e. The van der Waals surface area contributed by atoms with E-state index < -0.39 is 6.04 Å². The molecule has 0 aromatic heterocycles. The van der Waals surface area contributed by atoms with Gasteiger partial charge in [0.2, 0.25) is 5.91 Å². The number of hydrogen-bond donors (Lipinski definition) is 1. The molecule has 2 N–H and O–H groups in total. The summed E-state index contributed by atoms with van der Waals surface area (Å²) < 4.78 is 13.1. The van der Waals surface area contributed by atoms with Crippen LogP contribution in [0.1, 0.15) is 18.1 Å².